The molecule has 0 spiro atoms. The number of hydrazine groups is 1. The lowest BCUT2D eigenvalue weighted by atomic mass is 10.3. The topological polar surface area (TPSA) is 105 Å². The van der Waals surface area contributed by atoms with Crippen LogP contribution in [0.4, 0.5) is 23.0 Å². The van der Waals surface area contributed by atoms with E-state index in [1.165, 1.54) is 6.33 Å². The molecule has 1 heterocycles. The normalized spacial score (nSPS) is 10.2. The number of hydrogen-bond acceptors (Lipinski definition) is 7. The summed E-state index contributed by atoms with van der Waals surface area (Å²) >= 11 is 0. The molecule has 1 aromatic carbocycles. The number of rotatable bonds is 6. The molecule has 0 amide bonds. The van der Waals surface area contributed by atoms with Gasteiger partial charge in [0, 0.05) is 6.04 Å². The molecule has 2 rings (SSSR count). The Bertz CT molecular complexity index is 617. The van der Waals surface area contributed by atoms with Crippen LogP contribution < -0.4 is 16.2 Å². The van der Waals surface area contributed by atoms with E-state index in [0.29, 0.717) is 0 Å². The molecule has 0 aliphatic heterocycles. The lowest BCUT2D eigenvalue weighted by Gasteiger charge is -2.12. The summed E-state index contributed by atoms with van der Waals surface area (Å²) in [5.41, 5.74) is 6.17. The third kappa shape index (κ3) is 3.78. The number of nitrogens with one attached hydrogen (secondary N) is 3. The highest BCUT2D eigenvalue weighted by Gasteiger charge is 2.23. The Morgan fingerprint density at radius 1 is 1.10 bits per heavy atom. The molecule has 1 aromatic heterocycles. The van der Waals surface area contributed by atoms with Crippen molar-refractivity contribution in [2.75, 3.05) is 16.2 Å². The summed E-state index contributed by atoms with van der Waals surface area (Å²) < 4.78 is 0. The second kappa shape index (κ2) is 6.51. The molecule has 0 aliphatic rings. The molecule has 0 fully saturated rings. The van der Waals surface area contributed by atoms with E-state index in [2.05, 4.69) is 26.1 Å². The summed E-state index contributed by atoms with van der Waals surface area (Å²) in [5.74, 6) is 0.282. The second-order valence-corrected chi connectivity index (χ2v) is 4.59. The van der Waals surface area contributed by atoms with Crippen molar-refractivity contribution in [3.63, 3.8) is 0 Å². The monoisotopic (exact) mass is 288 g/mol. The van der Waals surface area contributed by atoms with Crippen LogP contribution >= 0.6 is 0 Å². The molecule has 110 valence electrons. The molecule has 2 aromatic rings. The SMILES string of the molecule is CC(C)Nc1ncnc(NNc2ccccc2)c1[N+](=O)[O-]. The van der Waals surface area contributed by atoms with Crippen LogP contribution in [0.1, 0.15) is 13.8 Å². The fourth-order valence-corrected chi connectivity index (χ4v) is 1.68. The van der Waals surface area contributed by atoms with Crippen molar-refractivity contribution in [1.29, 1.82) is 0 Å². The largest absolute Gasteiger partial charge is 0.362 e. The number of para-hydroxylation sites is 1. The van der Waals surface area contributed by atoms with Crippen LogP contribution in [0.3, 0.4) is 0 Å². The Labute approximate surface area is 121 Å². The van der Waals surface area contributed by atoms with Crippen molar-refractivity contribution < 1.29 is 4.92 Å². The van der Waals surface area contributed by atoms with Crippen LogP contribution in [0.25, 0.3) is 0 Å². The lowest BCUT2D eigenvalue weighted by molar-refractivity contribution is -0.383. The first-order chi connectivity index (χ1) is 10.1. The average molecular weight is 288 g/mol. The summed E-state index contributed by atoms with van der Waals surface area (Å²) in [7, 11) is 0. The minimum atomic E-state index is -0.514. The van der Waals surface area contributed by atoms with Gasteiger partial charge in [-0.05, 0) is 26.0 Å². The van der Waals surface area contributed by atoms with E-state index in [1.807, 2.05) is 44.2 Å². The summed E-state index contributed by atoms with van der Waals surface area (Å²) in [6, 6.07) is 9.26. The van der Waals surface area contributed by atoms with Gasteiger partial charge < -0.3 is 5.32 Å². The van der Waals surface area contributed by atoms with Gasteiger partial charge in [0.2, 0.25) is 11.6 Å². The van der Waals surface area contributed by atoms with Crippen molar-refractivity contribution in [3.05, 3.63) is 46.8 Å². The highest BCUT2D eigenvalue weighted by molar-refractivity contribution is 5.70. The van der Waals surface area contributed by atoms with Crippen molar-refractivity contribution in [2.45, 2.75) is 19.9 Å². The Hall–Kier alpha value is -2.90. The van der Waals surface area contributed by atoms with Gasteiger partial charge in [0.05, 0.1) is 10.6 Å². The molecular weight excluding hydrogens is 272 g/mol. The van der Waals surface area contributed by atoms with Gasteiger partial charge in [0.25, 0.3) is 0 Å². The molecule has 21 heavy (non-hydrogen) atoms. The zero-order valence-corrected chi connectivity index (χ0v) is 11.7. The molecule has 0 saturated carbocycles. The number of nitrogens with zero attached hydrogens (tertiary/aromatic N) is 3. The summed E-state index contributed by atoms with van der Waals surface area (Å²) in [4.78, 5) is 18.6. The third-order valence-electron chi connectivity index (χ3n) is 2.53. The molecule has 0 bridgehead atoms. The van der Waals surface area contributed by atoms with Crippen LogP contribution in [0, 0.1) is 10.1 Å². The van der Waals surface area contributed by atoms with E-state index in [1.54, 1.807) is 0 Å². The Kier molecular flexibility index (Phi) is 4.50. The van der Waals surface area contributed by atoms with Crippen LogP contribution in [0.15, 0.2) is 36.7 Å². The summed E-state index contributed by atoms with van der Waals surface area (Å²) in [6.07, 6.45) is 1.27. The standard InChI is InChI=1S/C13H16N6O2/c1-9(2)16-12-11(19(20)21)13(15-8-14-12)18-17-10-6-4-3-5-7-10/h3-9,17H,1-2H3,(H2,14,15,16,18). The van der Waals surface area contributed by atoms with Gasteiger partial charge in [0.15, 0.2) is 0 Å². The minimum Gasteiger partial charge on any atom is -0.362 e. The average Bonchev–Trinajstić information content (AvgIpc) is 2.45. The van der Waals surface area contributed by atoms with Crippen molar-refractivity contribution in [2.24, 2.45) is 0 Å². The van der Waals surface area contributed by atoms with Crippen molar-refractivity contribution >= 4 is 23.0 Å². The van der Waals surface area contributed by atoms with Gasteiger partial charge in [-0.1, -0.05) is 18.2 Å². The fourth-order valence-electron chi connectivity index (χ4n) is 1.68. The number of nitro groups is 1. The molecule has 0 saturated heterocycles. The third-order valence-corrected chi connectivity index (χ3v) is 2.53. The van der Waals surface area contributed by atoms with Gasteiger partial charge in [-0.25, -0.2) is 9.97 Å². The molecule has 8 heteroatoms. The highest BCUT2D eigenvalue weighted by Crippen LogP contribution is 2.29. The van der Waals surface area contributed by atoms with E-state index in [0.717, 1.165) is 5.69 Å². The van der Waals surface area contributed by atoms with Gasteiger partial charge >= 0.3 is 5.69 Å². The van der Waals surface area contributed by atoms with Gasteiger partial charge in [0.1, 0.15) is 6.33 Å². The Morgan fingerprint density at radius 3 is 2.38 bits per heavy atom. The van der Waals surface area contributed by atoms with Gasteiger partial charge in [-0.2, -0.15) is 0 Å². The Balaban J connectivity index is 2.24. The number of aromatic nitrogens is 2. The van der Waals surface area contributed by atoms with E-state index >= 15 is 0 Å². The first-order valence-corrected chi connectivity index (χ1v) is 6.41. The molecule has 0 radical (unpaired) electrons. The highest BCUT2D eigenvalue weighted by atomic mass is 16.6. The smallest absolute Gasteiger partial charge is 0.354 e. The first kappa shape index (κ1) is 14.5. The lowest BCUT2D eigenvalue weighted by Crippen LogP contribution is -2.16. The molecular formula is C13H16N6O2. The quantitative estimate of drug-likeness (QED) is 0.554. The van der Waals surface area contributed by atoms with Crippen LogP contribution in [-0.2, 0) is 0 Å². The molecule has 8 nitrogen and oxygen atoms in total. The molecule has 0 atom stereocenters. The van der Waals surface area contributed by atoms with Crippen molar-refractivity contribution in [3.8, 4) is 0 Å². The van der Waals surface area contributed by atoms with E-state index in [-0.39, 0.29) is 23.4 Å². The van der Waals surface area contributed by atoms with E-state index in [4.69, 9.17) is 0 Å². The van der Waals surface area contributed by atoms with Crippen LogP contribution in [-0.4, -0.2) is 20.9 Å². The maximum atomic E-state index is 11.3. The Morgan fingerprint density at radius 2 is 1.76 bits per heavy atom. The van der Waals surface area contributed by atoms with Crippen molar-refractivity contribution in [1.82, 2.24) is 9.97 Å². The first-order valence-electron chi connectivity index (χ1n) is 6.41. The summed E-state index contributed by atoms with van der Waals surface area (Å²) in [6.45, 7) is 3.75. The zero-order chi connectivity index (χ0) is 15.2. The van der Waals surface area contributed by atoms with E-state index < -0.39 is 4.92 Å². The fraction of sp³-hybridized carbons (Fsp3) is 0.231. The maximum absolute atomic E-state index is 11.3. The van der Waals surface area contributed by atoms with Crippen LogP contribution in [0.2, 0.25) is 0 Å². The predicted molar refractivity (Wildman–Crippen MR) is 81.1 cm³/mol. The second-order valence-electron chi connectivity index (χ2n) is 4.59. The maximum Gasteiger partial charge on any atom is 0.354 e. The number of benzene rings is 1. The van der Waals surface area contributed by atoms with E-state index in [9.17, 15) is 10.1 Å². The zero-order valence-electron chi connectivity index (χ0n) is 11.7. The summed E-state index contributed by atoms with van der Waals surface area (Å²) in [5, 5.41) is 14.2. The minimum absolute atomic E-state index is 0.0218. The van der Waals surface area contributed by atoms with Gasteiger partial charge in [-0.3, -0.25) is 21.0 Å². The molecule has 3 N–H and O–H groups in total. The number of hydrogen-bond donors (Lipinski definition) is 3. The molecule has 0 unspecified atom stereocenters. The van der Waals surface area contributed by atoms with Gasteiger partial charge in [-0.15, -0.1) is 0 Å². The predicted octanol–water partition coefficient (Wildman–Crippen LogP) is 2.64. The number of anilines is 3. The van der Waals surface area contributed by atoms with Crippen LogP contribution in [0.5, 0.6) is 0 Å². The molecule has 0 aliphatic carbocycles.